The third-order valence-corrected chi connectivity index (χ3v) is 6.07. The van der Waals surface area contributed by atoms with Gasteiger partial charge in [-0.1, -0.05) is 35.9 Å². The molecule has 0 aliphatic carbocycles. The van der Waals surface area contributed by atoms with Gasteiger partial charge in [-0.25, -0.2) is 4.39 Å². The summed E-state index contributed by atoms with van der Waals surface area (Å²) in [4.78, 5) is 30.0. The lowest BCUT2D eigenvalue weighted by Crippen LogP contribution is -2.49. The molecule has 2 aromatic rings. The second-order valence-electron chi connectivity index (χ2n) is 7.88. The monoisotopic (exact) mass is 429 g/mol. The van der Waals surface area contributed by atoms with Gasteiger partial charge in [0.15, 0.2) is 0 Å². The molecule has 5 nitrogen and oxygen atoms in total. The van der Waals surface area contributed by atoms with Crippen molar-refractivity contribution < 1.29 is 14.0 Å². The van der Waals surface area contributed by atoms with Crippen LogP contribution in [-0.4, -0.2) is 47.8 Å². The number of carbonyl (C=O) groups excluding carboxylic acids is 2. The van der Waals surface area contributed by atoms with Crippen LogP contribution in [0, 0.1) is 5.82 Å². The van der Waals surface area contributed by atoms with Gasteiger partial charge in [-0.2, -0.15) is 0 Å². The fourth-order valence-corrected chi connectivity index (χ4v) is 4.49. The second-order valence-corrected chi connectivity index (χ2v) is 8.32. The Labute approximate surface area is 180 Å². The van der Waals surface area contributed by atoms with Crippen LogP contribution in [0.5, 0.6) is 0 Å². The van der Waals surface area contributed by atoms with Crippen molar-refractivity contribution in [3.63, 3.8) is 0 Å². The molecule has 1 saturated heterocycles. The topological polar surface area (TPSA) is 52.7 Å². The van der Waals surface area contributed by atoms with Crippen LogP contribution in [0.15, 0.2) is 42.5 Å². The first-order valence-electron chi connectivity index (χ1n) is 10.4. The Morgan fingerprint density at radius 3 is 2.60 bits per heavy atom. The minimum absolute atomic E-state index is 0.0145. The summed E-state index contributed by atoms with van der Waals surface area (Å²) in [5.74, 6) is -0.889. The number of hydrogen-bond acceptors (Lipinski definition) is 3. The van der Waals surface area contributed by atoms with E-state index in [9.17, 15) is 14.0 Å². The molecule has 2 amide bonds. The van der Waals surface area contributed by atoms with E-state index in [-0.39, 0.29) is 29.1 Å². The summed E-state index contributed by atoms with van der Waals surface area (Å²) in [5.41, 5.74) is 2.19. The van der Waals surface area contributed by atoms with E-state index in [0.717, 1.165) is 56.0 Å². The van der Waals surface area contributed by atoms with Crippen molar-refractivity contribution in [2.75, 3.05) is 31.5 Å². The zero-order valence-corrected chi connectivity index (χ0v) is 17.5. The summed E-state index contributed by atoms with van der Waals surface area (Å²) >= 11 is 5.78. The van der Waals surface area contributed by atoms with Gasteiger partial charge in [0.1, 0.15) is 11.9 Å². The summed E-state index contributed by atoms with van der Waals surface area (Å²) in [5, 5.41) is 2.88. The fourth-order valence-electron chi connectivity index (χ4n) is 4.33. The van der Waals surface area contributed by atoms with E-state index in [2.05, 4.69) is 5.32 Å². The van der Waals surface area contributed by atoms with Gasteiger partial charge >= 0.3 is 0 Å². The fraction of sp³-hybridized carbons (Fsp3) is 0.391. The molecule has 2 heterocycles. The number of anilines is 1. The molecule has 158 valence electrons. The number of piperidine rings is 1. The highest BCUT2D eigenvalue weighted by molar-refractivity contribution is 6.30. The van der Waals surface area contributed by atoms with E-state index < -0.39 is 11.9 Å². The lowest BCUT2D eigenvalue weighted by Gasteiger charge is -2.39. The van der Waals surface area contributed by atoms with E-state index in [4.69, 9.17) is 11.6 Å². The predicted molar refractivity (Wildman–Crippen MR) is 115 cm³/mol. The molecule has 0 spiro atoms. The van der Waals surface area contributed by atoms with Gasteiger partial charge in [-0.05, 0) is 55.0 Å². The van der Waals surface area contributed by atoms with Crippen LogP contribution in [0.2, 0.25) is 5.02 Å². The molecule has 4 rings (SSSR count). The number of carbonyl (C=O) groups is 2. The molecule has 2 aliphatic rings. The molecular weight excluding hydrogens is 405 g/mol. The number of amides is 2. The van der Waals surface area contributed by atoms with Crippen LogP contribution in [0.4, 0.5) is 10.1 Å². The van der Waals surface area contributed by atoms with Crippen molar-refractivity contribution in [2.24, 2.45) is 0 Å². The average molecular weight is 430 g/mol. The normalized spacial score (nSPS) is 19.3. The average Bonchev–Trinajstić information content (AvgIpc) is 2.76. The van der Waals surface area contributed by atoms with Gasteiger partial charge in [0.05, 0.1) is 12.2 Å². The van der Waals surface area contributed by atoms with Gasteiger partial charge in [-0.15, -0.1) is 0 Å². The molecule has 0 radical (unpaired) electrons. The van der Waals surface area contributed by atoms with E-state index in [1.54, 1.807) is 0 Å². The predicted octanol–water partition coefficient (Wildman–Crippen LogP) is 4.03. The van der Waals surface area contributed by atoms with E-state index in [1.807, 2.05) is 34.1 Å². The van der Waals surface area contributed by atoms with Crippen LogP contribution in [0.25, 0.3) is 0 Å². The third kappa shape index (κ3) is 4.50. The first kappa shape index (κ1) is 20.8. The third-order valence-electron chi connectivity index (χ3n) is 5.84. The molecule has 0 saturated carbocycles. The quantitative estimate of drug-likeness (QED) is 0.798. The maximum absolute atomic E-state index is 14.1. The van der Waals surface area contributed by atoms with Gasteiger partial charge in [-0.3, -0.25) is 14.5 Å². The zero-order valence-electron chi connectivity index (χ0n) is 16.7. The van der Waals surface area contributed by atoms with E-state index in [0.29, 0.717) is 6.54 Å². The molecule has 1 atom stereocenters. The number of nitrogens with one attached hydrogen (secondary N) is 1. The van der Waals surface area contributed by atoms with Crippen LogP contribution in [0.3, 0.4) is 0 Å². The molecule has 0 bridgehead atoms. The van der Waals surface area contributed by atoms with Gasteiger partial charge < -0.3 is 10.2 Å². The standard InChI is InChI=1S/C23H25ClFN3O2/c24-17-8-9-20(19(25)14-17)26-21(29)15-28-13-10-16-6-2-3-7-18(16)22(28)23(30)27-11-4-1-5-12-27/h2-3,6-9,14,22H,1,4-5,10-13,15H2,(H,26,29)/t22-/m0/s1. The number of hydrogen-bond donors (Lipinski definition) is 1. The van der Waals surface area contributed by atoms with Gasteiger partial charge in [0.25, 0.3) is 0 Å². The highest BCUT2D eigenvalue weighted by atomic mass is 35.5. The van der Waals surface area contributed by atoms with Crippen molar-refractivity contribution in [2.45, 2.75) is 31.7 Å². The van der Waals surface area contributed by atoms with Crippen LogP contribution < -0.4 is 5.32 Å². The minimum atomic E-state index is -0.583. The lowest BCUT2D eigenvalue weighted by molar-refractivity contribution is -0.139. The first-order chi connectivity index (χ1) is 14.5. The van der Waals surface area contributed by atoms with Gasteiger partial charge in [0, 0.05) is 24.7 Å². The summed E-state index contributed by atoms with van der Waals surface area (Å²) in [7, 11) is 0. The number of fused-ring (bicyclic) bond motifs is 1. The number of benzene rings is 2. The Morgan fingerprint density at radius 2 is 1.83 bits per heavy atom. The number of nitrogens with zero attached hydrogens (tertiary/aromatic N) is 2. The molecule has 2 aromatic carbocycles. The Balaban J connectivity index is 1.54. The van der Waals surface area contributed by atoms with Crippen molar-refractivity contribution >= 4 is 29.1 Å². The smallest absolute Gasteiger partial charge is 0.244 e. The molecule has 0 unspecified atom stereocenters. The van der Waals surface area contributed by atoms with Crippen LogP contribution in [-0.2, 0) is 16.0 Å². The van der Waals surface area contributed by atoms with Crippen LogP contribution >= 0.6 is 11.6 Å². The van der Waals surface area contributed by atoms with Crippen molar-refractivity contribution in [1.29, 1.82) is 0 Å². The van der Waals surface area contributed by atoms with Crippen molar-refractivity contribution in [3.05, 3.63) is 64.4 Å². The largest absolute Gasteiger partial charge is 0.341 e. The second kappa shape index (κ2) is 9.14. The molecule has 2 aliphatic heterocycles. The molecule has 30 heavy (non-hydrogen) atoms. The Kier molecular flexibility index (Phi) is 6.35. The van der Waals surface area contributed by atoms with Crippen molar-refractivity contribution in [1.82, 2.24) is 9.80 Å². The number of rotatable bonds is 4. The molecule has 1 N–H and O–H groups in total. The first-order valence-corrected chi connectivity index (χ1v) is 10.8. The highest BCUT2D eigenvalue weighted by Gasteiger charge is 2.36. The summed E-state index contributed by atoms with van der Waals surface area (Å²) in [6.45, 7) is 2.12. The summed E-state index contributed by atoms with van der Waals surface area (Å²) in [6.07, 6.45) is 3.93. The number of likely N-dealkylation sites (tertiary alicyclic amines) is 1. The molecule has 1 fully saturated rings. The number of halogens is 2. The Morgan fingerprint density at radius 1 is 1.07 bits per heavy atom. The zero-order chi connectivity index (χ0) is 21.1. The molecule has 7 heteroatoms. The Bertz CT molecular complexity index is 946. The minimum Gasteiger partial charge on any atom is -0.341 e. The summed E-state index contributed by atoms with van der Waals surface area (Å²) < 4.78 is 14.1. The van der Waals surface area contributed by atoms with Crippen LogP contribution in [0.1, 0.15) is 36.4 Å². The SMILES string of the molecule is O=C(CN1CCc2ccccc2[C@H]1C(=O)N1CCCCC1)Nc1ccc(Cl)cc1F. The maximum atomic E-state index is 14.1. The highest BCUT2D eigenvalue weighted by Crippen LogP contribution is 2.32. The lowest BCUT2D eigenvalue weighted by atomic mass is 9.91. The maximum Gasteiger partial charge on any atom is 0.244 e. The van der Waals surface area contributed by atoms with Crippen molar-refractivity contribution in [3.8, 4) is 0 Å². The molecule has 0 aromatic heterocycles. The Hall–Kier alpha value is -2.44. The van der Waals surface area contributed by atoms with E-state index >= 15 is 0 Å². The molecular formula is C23H25ClFN3O2. The summed E-state index contributed by atoms with van der Waals surface area (Å²) in [6, 6.07) is 11.6. The van der Waals surface area contributed by atoms with Gasteiger partial charge in [0.2, 0.25) is 11.8 Å². The van der Waals surface area contributed by atoms with E-state index in [1.165, 1.54) is 12.1 Å².